The summed E-state index contributed by atoms with van der Waals surface area (Å²) >= 11 is 0. The summed E-state index contributed by atoms with van der Waals surface area (Å²) in [7, 11) is 1.67. The van der Waals surface area contributed by atoms with Gasteiger partial charge in [0.2, 0.25) is 0 Å². The molecule has 0 fully saturated rings. The largest absolute Gasteiger partial charge is 0.496 e. The number of hydrogen-bond donors (Lipinski definition) is 0. The van der Waals surface area contributed by atoms with Gasteiger partial charge in [0, 0.05) is 6.42 Å². The number of aryl methyl sites for hydroxylation is 1. The number of hydrogen-bond acceptors (Lipinski definition) is 2. The lowest BCUT2D eigenvalue weighted by Crippen LogP contribution is -1.99. The molecule has 1 aromatic rings. The summed E-state index contributed by atoms with van der Waals surface area (Å²) in [4.78, 5) is 10.4. The van der Waals surface area contributed by atoms with Crippen LogP contribution in [-0.2, 0) is 4.79 Å². The van der Waals surface area contributed by atoms with Gasteiger partial charge in [-0.3, -0.25) is 0 Å². The van der Waals surface area contributed by atoms with E-state index in [1.54, 1.807) is 7.11 Å². The zero-order valence-electron chi connectivity index (χ0n) is 8.91. The van der Waals surface area contributed by atoms with E-state index in [9.17, 15) is 4.79 Å². The van der Waals surface area contributed by atoms with Gasteiger partial charge in [-0.2, -0.15) is 0 Å². The molecule has 2 nitrogen and oxygen atoms in total. The fourth-order valence-corrected chi connectivity index (χ4v) is 1.61. The van der Waals surface area contributed by atoms with Crippen LogP contribution in [0.2, 0.25) is 0 Å². The second-order valence-corrected chi connectivity index (χ2v) is 3.50. The Morgan fingerprint density at radius 3 is 2.79 bits per heavy atom. The molecule has 0 aliphatic carbocycles. The van der Waals surface area contributed by atoms with Crippen molar-refractivity contribution in [2.75, 3.05) is 7.11 Å². The minimum absolute atomic E-state index is 0.224. The molecule has 1 rings (SSSR count). The monoisotopic (exact) mass is 192 g/mol. The molecule has 1 atom stereocenters. The van der Waals surface area contributed by atoms with Crippen LogP contribution in [0.25, 0.3) is 0 Å². The van der Waals surface area contributed by atoms with Gasteiger partial charge in [0.05, 0.1) is 7.11 Å². The summed E-state index contributed by atoms with van der Waals surface area (Å²) in [5.74, 6) is 1.13. The van der Waals surface area contributed by atoms with Crippen molar-refractivity contribution in [3.05, 3.63) is 29.3 Å². The molecule has 76 valence electrons. The van der Waals surface area contributed by atoms with Crippen LogP contribution in [-0.4, -0.2) is 13.4 Å². The van der Waals surface area contributed by atoms with Crippen molar-refractivity contribution in [3.63, 3.8) is 0 Å². The smallest absolute Gasteiger partial charge is 0.125 e. The fourth-order valence-electron chi connectivity index (χ4n) is 1.61. The van der Waals surface area contributed by atoms with Crippen molar-refractivity contribution in [1.82, 2.24) is 0 Å². The van der Waals surface area contributed by atoms with Gasteiger partial charge in [0.1, 0.15) is 12.0 Å². The SMILES string of the molecule is COc1c(C)cccc1C(C)CC=O. The van der Waals surface area contributed by atoms with Crippen molar-refractivity contribution >= 4 is 6.29 Å². The molecule has 0 aliphatic heterocycles. The Bertz CT molecular complexity index is 318. The lowest BCUT2D eigenvalue weighted by molar-refractivity contribution is -0.108. The molecule has 0 bridgehead atoms. The topological polar surface area (TPSA) is 26.3 Å². The molecular formula is C12H16O2. The Hall–Kier alpha value is -1.31. The van der Waals surface area contributed by atoms with Crippen molar-refractivity contribution < 1.29 is 9.53 Å². The molecule has 0 heterocycles. The van der Waals surface area contributed by atoms with Crippen LogP contribution in [0.4, 0.5) is 0 Å². The third kappa shape index (κ3) is 2.13. The third-order valence-corrected chi connectivity index (χ3v) is 2.43. The van der Waals surface area contributed by atoms with Crippen LogP contribution in [0, 0.1) is 6.92 Å². The Balaban J connectivity index is 3.06. The minimum atomic E-state index is 0.224. The van der Waals surface area contributed by atoms with E-state index in [0.29, 0.717) is 6.42 Å². The average molecular weight is 192 g/mol. The number of aldehydes is 1. The quantitative estimate of drug-likeness (QED) is 0.685. The molecule has 0 spiro atoms. The van der Waals surface area contributed by atoms with E-state index in [2.05, 4.69) is 0 Å². The number of carbonyl (C=O) groups is 1. The van der Waals surface area contributed by atoms with Gasteiger partial charge in [-0.25, -0.2) is 0 Å². The molecule has 1 unspecified atom stereocenters. The maximum Gasteiger partial charge on any atom is 0.125 e. The Kier molecular flexibility index (Phi) is 3.69. The van der Waals surface area contributed by atoms with E-state index < -0.39 is 0 Å². The predicted molar refractivity (Wildman–Crippen MR) is 56.8 cm³/mol. The minimum Gasteiger partial charge on any atom is -0.496 e. The van der Waals surface area contributed by atoms with E-state index in [4.69, 9.17) is 4.74 Å². The zero-order chi connectivity index (χ0) is 10.6. The Morgan fingerprint density at radius 2 is 2.21 bits per heavy atom. The summed E-state index contributed by atoms with van der Waals surface area (Å²) in [5, 5.41) is 0. The zero-order valence-corrected chi connectivity index (χ0v) is 8.91. The van der Waals surface area contributed by atoms with Crippen molar-refractivity contribution in [3.8, 4) is 5.75 Å². The standard InChI is InChI=1S/C12H16O2/c1-9(7-8-13)11-6-4-5-10(2)12(11)14-3/h4-6,8-9H,7H2,1-3H3. The molecule has 14 heavy (non-hydrogen) atoms. The second-order valence-electron chi connectivity index (χ2n) is 3.50. The first kappa shape index (κ1) is 10.8. The maximum absolute atomic E-state index is 10.4. The molecule has 0 N–H and O–H groups in total. The Morgan fingerprint density at radius 1 is 1.50 bits per heavy atom. The molecule has 0 radical (unpaired) electrons. The van der Waals surface area contributed by atoms with E-state index in [0.717, 1.165) is 23.2 Å². The van der Waals surface area contributed by atoms with Gasteiger partial charge in [-0.1, -0.05) is 25.1 Å². The van der Waals surface area contributed by atoms with Crippen LogP contribution < -0.4 is 4.74 Å². The van der Waals surface area contributed by atoms with Gasteiger partial charge >= 0.3 is 0 Å². The summed E-state index contributed by atoms with van der Waals surface area (Å²) in [6, 6.07) is 6.02. The maximum atomic E-state index is 10.4. The third-order valence-electron chi connectivity index (χ3n) is 2.43. The summed E-state index contributed by atoms with van der Waals surface area (Å²) < 4.78 is 5.33. The number of para-hydroxylation sites is 1. The van der Waals surface area contributed by atoms with Crippen LogP contribution in [0.3, 0.4) is 0 Å². The molecule has 0 aromatic heterocycles. The number of carbonyl (C=O) groups excluding carboxylic acids is 1. The Labute approximate surface area is 84.9 Å². The second kappa shape index (κ2) is 4.80. The summed E-state index contributed by atoms with van der Waals surface area (Å²) in [6.07, 6.45) is 1.49. The van der Waals surface area contributed by atoms with Crippen LogP contribution >= 0.6 is 0 Å². The van der Waals surface area contributed by atoms with E-state index >= 15 is 0 Å². The fraction of sp³-hybridized carbons (Fsp3) is 0.417. The van der Waals surface area contributed by atoms with Crippen molar-refractivity contribution in [1.29, 1.82) is 0 Å². The summed E-state index contributed by atoms with van der Waals surface area (Å²) in [5.41, 5.74) is 2.22. The van der Waals surface area contributed by atoms with Crippen LogP contribution in [0.15, 0.2) is 18.2 Å². The number of rotatable bonds is 4. The first-order valence-corrected chi connectivity index (χ1v) is 4.77. The van der Waals surface area contributed by atoms with Crippen LogP contribution in [0.5, 0.6) is 5.75 Å². The highest BCUT2D eigenvalue weighted by Gasteiger charge is 2.12. The van der Waals surface area contributed by atoms with E-state index in [-0.39, 0.29) is 5.92 Å². The van der Waals surface area contributed by atoms with Crippen molar-refractivity contribution in [2.24, 2.45) is 0 Å². The molecule has 0 saturated heterocycles. The number of benzene rings is 1. The first-order valence-electron chi connectivity index (χ1n) is 4.77. The normalized spacial score (nSPS) is 12.2. The van der Waals surface area contributed by atoms with Gasteiger partial charge in [0.25, 0.3) is 0 Å². The predicted octanol–water partition coefficient (Wildman–Crippen LogP) is 2.70. The molecule has 0 amide bonds. The molecular weight excluding hydrogens is 176 g/mol. The number of methoxy groups -OCH3 is 1. The van der Waals surface area contributed by atoms with Gasteiger partial charge in [0.15, 0.2) is 0 Å². The number of ether oxygens (including phenoxy) is 1. The molecule has 1 aromatic carbocycles. The first-order chi connectivity index (χ1) is 6.70. The van der Waals surface area contributed by atoms with Crippen LogP contribution in [0.1, 0.15) is 30.4 Å². The van der Waals surface area contributed by atoms with Gasteiger partial charge in [-0.15, -0.1) is 0 Å². The lowest BCUT2D eigenvalue weighted by Gasteiger charge is -2.15. The molecule has 0 saturated carbocycles. The average Bonchev–Trinajstić information content (AvgIpc) is 2.17. The highest BCUT2D eigenvalue weighted by Crippen LogP contribution is 2.30. The van der Waals surface area contributed by atoms with E-state index in [1.807, 2.05) is 32.0 Å². The highest BCUT2D eigenvalue weighted by atomic mass is 16.5. The lowest BCUT2D eigenvalue weighted by atomic mass is 9.95. The highest BCUT2D eigenvalue weighted by molar-refractivity contribution is 5.53. The summed E-state index contributed by atoms with van der Waals surface area (Å²) in [6.45, 7) is 4.04. The van der Waals surface area contributed by atoms with Gasteiger partial charge in [-0.05, 0) is 24.0 Å². The van der Waals surface area contributed by atoms with Gasteiger partial charge < -0.3 is 9.53 Å². The molecule has 0 aliphatic rings. The van der Waals surface area contributed by atoms with Crippen molar-refractivity contribution in [2.45, 2.75) is 26.2 Å². The van der Waals surface area contributed by atoms with E-state index in [1.165, 1.54) is 0 Å². The molecule has 2 heteroatoms.